The lowest BCUT2D eigenvalue weighted by Crippen LogP contribution is -2.14. The molecule has 0 radical (unpaired) electrons. The molecule has 2 aliphatic rings. The van der Waals surface area contributed by atoms with Crippen LogP contribution in [-0.2, 0) is 10.8 Å². The monoisotopic (exact) mass is 689 g/mol. The Morgan fingerprint density at radius 2 is 0.907 bits per heavy atom. The van der Waals surface area contributed by atoms with Gasteiger partial charge in [-0.05, 0) is 112 Å². The number of rotatable bonds is 3. The van der Waals surface area contributed by atoms with E-state index in [1.807, 2.05) is 6.20 Å². The van der Waals surface area contributed by atoms with Crippen LogP contribution in [0.2, 0.25) is 0 Å². The Hall–Kier alpha value is -6.31. The molecule has 0 aliphatic heterocycles. The molecule has 11 rings (SSSR count). The molecule has 0 saturated carbocycles. The summed E-state index contributed by atoms with van der Waals surface area (Å²) in [6, 6.07) is 58.9. The highest BCUT2D eigenvalue weighted by Crippen LogP contribution is 2.55. The summed E-state index contributed by atoms with van der Waals surface area (Å²) in [4.78, 5) is 5.14. The van der Waals surface area contributed by atoms with Crippen LogP contribution < -0.4 is 0 Å². The van der Waals surface area contributed by atoms with E-state index in [-0.39, 0.29) is 10.8 Å². The number of aromatic nitrogens is 1. The van der Waals surface area contributed by atoms with Gasteiger partial charge in [0, 0.05) is 28.0 Å². The van der Waals surface area contributed by atoms with E-state index in [1.54, 1.807) is 0 Å². The van der Waals surface area contributed by atoms with Crippen LogP contribution in [0.25, 0.3) is 88.1 Å². The zero-order chi connectivity index (χ0) is 36.3. The van der Waals surface area contributed by atoms with Gasteiger partial charge in [0.25, 0.3) is 0 Å². The molecule has 0 amide bonds. The molecule has 9 aromatic rings. The quantitative estimate of drug-likeness (QED) is 0.168. The third-order valence-corrected chi connectivity index (χ3v) is 12.7. The van der Waals surface area contributed by atoms with E-state index in [0.29, 0.717) is 0 Å². The van der Waals surface area contributed by atoms with Crippen LogP contribution in [0.5, 0.6) is 0 Å². The molecule has 1 nitrogen and oxygen atoms in total. The van der Waals surface area contributed by atoms with Gasteiger partial charge in [-0.2, -0.15) is 0 Å². The van der Waals surface area contributed by atoms with E-state index in [0.717, 1.165) is 5.69 Å². The molecule has 0 unspecified atom stereocenters. The van der Waals surface area contributed by atoms with Crippen LogP contribution in [0.3, 0.4) is 0 Å². The first kappa shape index (κ1) is 31.2. The van der Waals surface area contributed by atoms with Crippen molar-refractivity contribution in [2.75, 3.05) is 0 Å². The van der Waals surface area contributed by atoms with Gasteiger partial charge in [-0.1, -0.05) is 167 Å². The Labute approximate surface area is 316 Å². The fraction of sp³-hybridized carbons (Fsp3) is 0.113. The number of fused-ring (bicyclic) bond motifs is 9. The molecule has 0 saturated heterocycles. The van der Waals surface area contributed by atoms with Crippen LogP contribution in [0.15, 0.2) is 164 Å². The van der Waals surface area contributed by atoms with E-state index in [1.165, 1.54) is 105 Å². The van der Waals surface area contributed by atoms with E-state index in [2.05, 4.69) is 185 Å². The van der Waals surface area contributed by atoms with Crippen molar-refractivity contribution in [3.05, 3.63) is 186 Å². The van der Waals surface area contributed by atoms with Gasteiger partial charge in [0.05, 0.1) is 5.69 Å². The average molecular weight is 690 g/mol. The second-order valence-electron chi connectivity index (χ2n) is 16.3. The minimum atomic E-state index is -0.0969. The zero-order valence-corrected chi connectivity index (χ0v) is 31.0. The van der Waals surface area contributed by atoms with Crippen molar-refractivity contribution in [1.82, 2.24) is 4.98 Å². The molecule has 8 aromatic carbocycles. The van der Waals surface area contributed by atoms with Gasteiger partial charge >= 0.3 is 0 Å². The molecular weight excluding hydrogens is 651 g/mol. The van der Waals surface area contributed by atoms with Gasteiger partial charge in [0.1, 0.15) is 0 Å². The summed E-state index contributed by atoms with van der Waals surface area (Å²) < 4.78 is 0. The fourth-order valence-corrected chi connectivity index (χ4v) is 10.1. The predicted octanol–water partition coefficient (Wildman–Crippen LogP) is 14.2. The Balaban J connectivity index is 1.25. The highest BCUT2D eigenvalue weighted by molar-refractivity contribution is 6.24. The number of hydrogen-bond acceptors (Lipinski definition) is 1. The molecule has 2 aliphatic carbocycles. The lowest BCUT2D eigenvalue weighted by atomic mass is 9.80. The van der Waals surface area contributed by atoms with Gasteiger partial charge in [0.2, 0.25) is 0 Å². The molecule has 1 heteroatoms. The van der Waals surface area contributed by atoms with Gasteiger partial charge in [-0.3, -0.25) is 4.98 Å². The van der Waals surface area contributed by atoms with Gasteiger partial charge in [0.15, 0.2) is 0 Å². The van der Waals surface area contributed by atoms with Gasteiger partial charge < -0.3 is 0 Å². The third-order valence-electron chi connectivity index (χ3n) is 12.7. The summed E-state index contributed by atoms with van der Waals surface area (Å²) >= 11 is 0. The standard InChI is InChI=1S/C53H39N/c1-52(2)45-22-12-10-19-41(45)49-42(20-13-23-46(49)52)48-38-17-7-8-18-39(38)50(51-35-15-6-5-14-32(35)28-29-54-51)40-27-25-33(30-43(40)48)34-24-26-37-36-16-9-11-21-44(36)53(3,4)47(37)31-34/h5-31H,1-4H3. The van der Waals surface area contributed by atoms with Crippen molar-refractivity contribution in [3.63, 3.8) is 0 Å². The predicted molar refractivity (Wildman–Crippen MR) is 228 cm³/mol. The maximum atomic E-state index is 5.14. The highest BCUT2D eigenvalue weighted by atomic mass is 14.7. The van der Waals surface area contributed by atoms with Crippen molar-refractivity contribution >= 4 is 32.3 Å². The minimum Gasteiger partial charge on any atom is -0.256 e. The summed E-state index contributed by atoms with van der Waals surface area (Å²) in [6.07, 6.45) is 1.97. The lowest BCUT2D eigenvalue weighted by Gasteiger charge is -2.23. The molecule has 0 N–H and O–H groups in total. The molecule has 0 spiro atoms. The normalized spacial score (nSPS) is 14.6. The maximum Gasteiger partial charge on any atom is 0.0792 e. The molecule has 1 heterocycles. The molecule has 1 aromatic heterocycles. The Kier molecular flexibility index (Phi) is 6.42. The summed E-state index contributed by atoms with van der Waals surface area (Å²) in [5, 5.41) is 7.29. The Morgan fingerprint density at radius 1 is 0.352 bits per heavy atom. The van der Waals surface area contributed by atoms with Crippen LogP contribution in [-0.4, -0.2) is 4.98 Å². The van der Waals surface area contributed by atoms with E-state index >= 15 is 0 Å². The summed E-state index contributed by atoms with van der Waals surface area (Å²) in [5.41, 5.74) is 18.0. The number of hydrogen-bond donors (Lipinski definition) is 0. The number of benzene rings is 8. The third kappa shape index (κ3) is 4.18. The number of nitrogens with zero attached hydrogens (tertiary/aromatic N) is 1. The van der Waals surface area contributed by atoms with Gasteiger partial charge in [-0.15, -0.1) is 0 Å². The molecule has 0 fully saturated rings. The topological polar surface area (TPSA) is 12.9 Å². The van der Waals surface area contributed by atoms with Crippen molar-refractivity contribution in [2.24, 2.45) is 0 Å². The SMILES string of the molecule is CC1(C)c2ccccc2-c2ccc(-c3ccc4c(-c5nccc6ccccc56)c5ccccc5c(-c5cccc6c5-c5ccccc5C6(C)C)c4c3)cc21. The Bertz CT molecular complexity index is 3040. The first-order chi connectivity index (χ1) is 26.3. The van der Waals surface area contributed by atoms with Crippen molar-refractivity contribution < 1.29 is 0 Å². The second-order valence-corrected chi connectivity index (χ2v) is 16.3. The summed E-state index contributed by atoms with van der Waals surface area (Å²) in [5.74, 6) is 0. The molecule has 0 atom stereocenters. The largest absolute Gasteiger partial charge is 0.256 e. The lowest BCUT2D eigenvalue weighted by molar-refractivity contribution is 0.660. The molecule has 0 bridgehead atoms. The van der Waals surface area contributed by atoms with E-state index < -0.39 is 0 Å². The molecule has 54 heavy (non-hydrogen) atoms. The Morgan fingerprint density at radius 3 is 1.72 bits per heavy atom. The van der Waals surface area contributed by atoms with Crippen LogP contribution in [0.1, 0.15) is 49.9 Å². The van der Waals surface area contributed by atoms with Gasteiger partial charge in [-0.25, -0.2) is 0 Å². The highest BCUT2D eigenvalue weighted by Gasteiger charge is 2.38. The van der Waals surface area contributed by atoms with Crippen molar-refractivity contribution in [2.45, 2.75) is 38.5 Å². The first-order valence-corrected chi connectivity index (χ1v) is 19.1. The molecule has 256 valence electrons. The number of pyridine rings is 1. The average Bonchev–Trinajstić information content (AvgIpc) is 3.59. The smallest absolute Gasteiger partial charge is 0.0792 e. The van der Waals surface area contributed by atoms with Crippen LogP contribution >= 0.6 is 0 Å². The first-order valence-electron chi connectivity index (χ1n) is 19.1. The minimum absolute atomic E-state index is 0.0713. The van der Waals surface area contributed by atoms with Crippen LogP contribution in [0.4, 0.5) is 0 Å². The summed E-state index contributed by atoms with van der Waals surface area (Å²) in [7, 11) is 0. The zero-order valence-electron chi connectivity index (χ0n) is 31.0. The second kappa shape index (κ2) is 11.1. The molecular formula is C53H39N. The summed E-state index contributed by atoms with van der Waals surface area (Å²) in [6.45, 7) is 9.48. The van der Waals surface area contributed by atoms with E-state index in [4.69, 9.17) is 4.98 Å². The maximum absolute atomic E-state index is 5.14. The van der Waals surface area contributed by atoms with E-state index in [9.17, 15) is 0 Å². The fourth-order valence-electron chi connectivity index (χ4n) is 10.1. The van der Waals surface area contributed by atoms with Crippen molar-refractivity contribution in [1.29, 1.82) is 0 Å². The van der Waals surface area contributed by atoms with Crippen molar-refractivity contribution in [3.8, 4) is 55.8 Å². The van der Waals surface area contributed by atoms with Crippen LogP contribution in [0, 0.1) is 0 Å².